The van der Waals surface area contributed by atoms with E-state index in [1.165, 1.54) is 24.0 Å². The Labute approximate surface area is 108 Å². The number of primary amides is 1. The molecule has 0 atom stereocenters. The van der Waals surface area contributed by atoms with E-state index in [2.05, 4.69) is 41.8 Å². The second-order valence-corrected chi connectivity index (χ2v) is 4.97. The normalized spacial score (nSPS) is 22.3. The molecular weight excluding hydrogens is 226 g/mol. The van der Waals surface area contributed by atoms with E-state index < -0.39 is 6.03 Å². The molecule has 1 aromatic rings. The number of urea groups is 1. The molecule has 1 saturated carbocycles. The number of carbonyl (C=O) groups is 1. The van der Waals surface area contributed by atoms with Crippen molar-refractivity contribution in [1.82, 2.24) is 10.6 Å². The standard InChI is InChI=1S/C14H21N3O/c1-10-4-2-3-5-13(10)11-8-12(9-11)16-6-7-17-14(15)18/h2-5,11-12,16H,6-9H2,1H3,(H3,15,17,18). The van der Waals surface area contributed by atoms with E-state index in [4.69, 9.17) is 5.73 Å². The van der Waals surface area contributed by atoms with Gasteiger partial charge in [0, 0.05) is 19.1 Å². The van der Waals surface area contributed by atoms with Crippen molar-refractivity contribution in [3.63, 3.8) is 0 Å². The summed E-state index contributed by atoms with van der Waals surface area (Å²) >= 11 is 0. The van der Waals surface area contributed by atoms with E-state index in [0.717, 1.165) is 6.54 Å². The van der Waals surface area contributed by atoms with Gasteiger partial charge in [0.2, 0.25) is 0 Å². The van der Waals surface area contributed by atoms with Crippen LogP contribution in [0.2, 0.25) is 0 Å². The molecule has 2 amide bonds. The zero-order valence-corrected chi connectivity index (χ0v) is 10.8. The number of hydrogen-bond donors (Lipinski definition) is 3. The maximum absolute atomic E-state index is 10.5. The lowest BCUT2D eigenvalue weighted by molar-refractivity contribution is 0.247. The third kappa shape index (κ3) is 3.23. The molecule has 1 aromatic carbocycles. The maximum Gasteiger partial charge on any atom is 0.312 e. The van der Waals surface area contributed by atoms with Gasteiger partial charge in [-0.2, -0.15) is 0 Å². The molecular formula is C14H21N3O. The van der Waals surface area contributed by atoms with Crippen LogP contribution in [-0.2, 0) is 0 Å². The van der Waals surface area contributed by atoms with Crippen molar-refractivity contribution in [1.29, 1.82) is 0 Å². The highest BCUT2D eigenvalue weighted by molar-refractivity contribution is 5.71. The van der Waals surface area contributed by atoms with Crippen LogP contribution in [0.25, 0.3) is 0 Å². The van der Waals surface area contributed by atoms with Crippen LogP contribution >= 0.6 is 0 Å². The highest BCUT2D eigenvalue weighted by atomic mass is 16.2. The van der Waals surface area contributed by atoms with E-state index in [1.54, 1.807) is 0 Å². The molecule has 18 heavy (non-hydrogen) atoms. The summed E-state index contributed by atoms with van der Waals surface area (Å²) in [6.45, 7) is 3.56. The van der Waals surface area contributed by atoms with Crippen LogP contribution in [0.15, 0.2) is 24.3 Å². The summed E-state index contributed by atoms with van der Waals surface area (Å²) in [4.78, 5) is 10.5. The van der Waals surface area contributed by atoms with Gasteiger partial charge in [0.05, 0.1) is 0 Å². The van der Waals surface area contributed by atoms with Gasteiger partial charge in [-0.3, -0.25) is 0 Å². The highest BCUT2D eigenvalue weighted by Crippen LogP contribution is 2.38. The van der Waals surface area contributed by atoms with E-state index in [-0.39, 0.29) is 0 Å². The smallest absolute Gasteiger partial charge is 0.312 e. The summed E-state index contributed by atoms with van der Waals surface area (Å²) in [6.07, 6.45) is 2.36. The third-order valence-corrected chi connectivity index (χ3v) is 3.62. The van der Waals surface area contributed by atoms with Gasteiger partial charge in [0.1, 0.15) is 0 Å². The third-order valence-electron chi connectivity index (χ3n) is 3.62. The van der Waals surface area contributed by atoms with Crippen molar-refractivity contribution in [2.24, 2.45) is 5.73 Å². The first-order valence-electron chi connectivity index (χ1n) is 6.49. The van der Waals surface area contributed by atoms with Gasteiger partial charge in [-0.1, -0.05) is 24.3 Å². The number of nitrogens with two attached hydrogens (primary N) is 1. The Hall–Kier alpha value is -1.55. The first kappa shape index (κ1) is 12.9. The second-order valence-electron chi connectivity index (χ2n) is 4.97. The van der Waals surface area contributed by atoms with Crippen molar-refractivity contribution in [2.45, 2.75) is 31.7 Å². The fraction of sp³-hybridized carbons (Fsp3) is 0.500. The van der Waals surface area contributed by atoms with Gasteiger partial charge in [-0.05, 0) is 36.8 Å². The molecule has 4 nitrogen and oxygen atoms in total. The first-order chi connectivity index (χ1) is 8.66. The molecule has 0 saturated heterocycles. The molecule has 0 spiro atoms. The molecule has 0 aliphatic heterocycles. The number of rotatable bonds is 5. The average molecular weight is 247 g/mol. The molecule has 4 N–H and O–H groups in total. The van der Waals surface area contributed by atoms with Crippen LogP contribution in [0.4, 0.5) is 4.79 Å². The Kier molecular flexibility index (Phi) is 4.20. The van der Waals surface area contributed by atoms with Crippen LogP contribution in [0, 0.1) is 6.92 Å². The van der Waals surface area contributed by atoms with Crippen molar-refractivity contribution in [2.75, 3.05) is 13.1 Å². The van der Waals surface area contributed by atoms with Crippen LogP contribution in [-0.4, -0.2) is 25.2 Å². The average Bonchev–Trinajstić information content (AvgIpc) is 2.28. The van der Waals surface area contributed by atoms with E-state index in [9.17, 15) is 4.79 Å². The molecule has 0 aromatic heterocycles. The van der Waals surface area contributed by atoms with Gasteiger partial charge < -0.3 is 16.4 Å². The lowest BCUT2D eigenvalue weighted by Gasteiger charge is -2.37. The fourth-order valence-electron chi connectivity index (χ4n) is 2.55. The molecule has 0 heterocycles. The number of benzene rings is 1. The van der Waals surface area contributed by atoms with Gasteiger partial charge in [0.25, 0.3) is 0 Å². The first-order valence-corrected chi connectivity index (χ1v) is 6.49. The maximum atomic E-state index is 10.5. The zero-order valence-electron chi connectivity index (χ0n) is 10.8. The van der Waals surface area contributed by atoms with Crippen LogP contribution in [0.1, 0.15) is 29.9 Å². The summed E-state index contributed by atoms with van der Waals surface area (Å²) in [5, 5.41) is 6.00. The number of aryl methyl sites for hydroxylation is 1. The molecule has 1 aliphatic carbocycles. The summed E-state index contributed by atoms with van der Waals surface area (Å²) in [6, 6.07) is 8.72. The summed E-state index contributed by atoms with van der Waals surface area (Å²) in [5.74, 6) is 0.688. The SMILES string of the molecule is Cc1ccccc1C1CC(NCCNC(N)=O)C1. The summed E-state index contributed by atoms with van der Waals surface area (Å²) < 4.78 is 0. The summed E-state index contributed by atoms with van der Waals surface area (Å²) in [7, 11) is 0. The molecule has 98 valence electrons. The lowest BCUT2D eigenvalue weighted by Crippen LogP contribution is -2.44. The highest BCUT2D eigenvalue weighted by Gasteiger charge is 2.30. The molecule has 0 bridgehead atoms. The van der Waals surface area contributed by atoms with E-state index >= 15 is 0 Å². The Morgan fingerprint density at radius 2 is 2.06 bits per heavy atom. The Balaban J connectivity index is 1.68. The van der Waals surface area contributed by atoms with E-state index in [1.807, 2.05) is 0 Å². The quantitative estimate of drug-likeness (QED) is 0.690. The predicted molar refractivity (Wildman–Crippen MR) is 72.5 cm³/mol. The van der Waals surface area contributed by atoms with Crippen molar-refractivity contribution >= 4 is 6.03 Å². The lowest BCUT2D eigenvalue weighted by atomic mass is 9.74. The van der Waals surface area contributed by atoms with E-state index in [0.29, 0.717) is 18.5 Å². The van der Waals surface area contributed by atoms with Gasteiger partial charge in [-0.15, -0.1) is 0 Å². The monoisotopic (exact) mass is 247 g/mol. The van der Waals surface area contributed by atoms with Crippen molar-refractivity contribution in [3.8, 4) is 0 Å². The Bertz CT molecular complexity index is 413. The second kappa shape index (κ2) is 5.87. The molecule has 0 radical (unpaired) electrons. The Morgan fingerprint density at radius 3 is 2.72 bits per heavy atom. The fourth-order valence-corrected chi connectivity index (χ4v) is 2.55. The van der Waals surface area contributed by atoms with Crippen molar-refractivity contribution in [3.05, 3.63) is 35.4 Å². The minimum atomic E-state index is -0.455. The topological polar surface area (TPSA) is 67.2 Å². The predicted octanol–water partition coefficient (Wildman–Crippen LogP) is 1.50. The molecule has 4 heteroatoms. The van der Waals surface area contributed by atoms with Gasteiger partial charge in [0.15, 0.2) is 0 Å². The molecule has 1 aliphatic rings. The van der Waals surface area contributed by atoms with Crippen LogP contribution < -0.4 is 16.4 Å². The largest absolute Gasteiger partial charge is 0.352 e. The van der Waals surface area contributed by atoms with Crippen LogP contribution in [0.3, 0.4) is 0 Å². The molecule has 1 fully saturated rings. The Morgan fingerprint density at radius 1 is 1.33 bits per heavy atom. The minimum Gasteiger partial charge on any atom is -0.352 e. The number of amides is 2. The van der Waals surface area contributed by atoms with Crippen molar-refractivity contribution < 1.29 is 4.79 Å². The zero-order chi connectivity index (χ0) is 13.0. The minimum absolute atomic E-state index is 0.455. The van der Waals surface area contributed by atoms with Gasteiger partial charge in [-0.25, -0.2) is 4.79 Å². The number of carbonyl (C=O) groups excluding carboxylic acids is 1. The van der Waals surface area contributed by atoms with Gasteiger partial charge >= 0.3 is 6.03 Å². The molecule has 0 unspecified atom stereocenters. The van der Waals surface area contributed by atoms with Crippen LogP contribution in [0.5, 0.6) is 0 Å². The molecule has 2 rings (SSSR count). The number of hydrogen-bond acceptors (Lipinski definition) is 2. The number of nitrogens with one attached hydrogen (secondary N) is 2. The summed E-state index contributed by atoms with van der Waals surface area (Å²) in [5.41, 5.74) is 7.86.